The van der Waals surface area contributed by atoms with E-state index in [2.05, 4.69) is 27.3 Å². The highest BCUT2D eigenvalue weighted by atomic mass is 32.1. The number of nitrogens with two attached hydrogens (primary N) is 1. The molecule has 0 saturated heterocycles. The van der Waals surface area contributed by atoms with Crippen LogP contribution in [0.2, 0.25) is 0 Å². The van der Waals surface area contributed by atoms with Gasteiger partial charge in [0.25, 0.3) is 0 Å². The molecule has 0 fully saturated rings. The van der Waals surface area contributed by atoms with Crippen LogP contribution >= 0.6 is 11.3 Å². The van der Waals surface area contributed by atoms with Gasteiger partial charge in [-0.2, -0.15) is 5.10 Å². The summed E-state index contributed by atoms with van der Waals surface area (Å²) in [7, 11) is 2.02. The second-order valence-corrected chi connectivity index (χ2v) is 5.41. The lowest BCUT2D eigenvalue weighted by molar-refractivity contribution is 0.639. The molecule has 0 spiro atoms. The van der Waals surface area contributed by atoms with Crippen LogP contribution in [-0.4, -0.2) is 21.8 Å². The quantitative estimate of drug-likeness (QED) is 0.920. The van der Waals surface area contributed by atoms with Crippen molar-refractivity contribution in [2.75, 3.05) is 17.7 Å². The minimum absolute atomic E-state index is 0.750. The van der Waals surface area contributed by atoms with Crippen molar-refractivity contribution in [1.82, 2.24) is 14.8 Å². The van der Waals surface area contributed by atoms with Gasteiger partial charge >= 0.3 is 0 Å². The molecule has 0 unspecified atom stereocenters. The van der Waals surface area contributed by atoms with E-state index in [1.165, 1.54) is 0 Å². The number of hydrogen-bond acceptors (Lipinski definition) is 5. The first-order valence-corrected chi connectivity index (χ1v) is 6.86. The predicted octanol–water partition coefficient (Wildman–Crippen LogP) is 2.19. The van der Waals surface area contributed by atoms with E-state index in [4.69, 9.17) is 5.73 Å². The summed E-state index contributed by atoms with van der Waals surface area (Å²) in [5.41, 5.74) is 8.80. The highest BCUT2D eigenvalue weighted by Crippen LogP contribution is 2.26. The van der Waals surface area contributed by atoms with E-state index >= 15 is 0 Å². The van der Waals surface area contributed by atoms with Crippen molar-refractivity contribution in [3.63, 3.8) is 0 Å². The summed E-state index contributed by atoms with van der Waals surface area (Å²) < 4.78 is 1.93. The predicted molar refractivity (Wildman–Crippen MR) is 76.0 cm³/mol. The van der Waals surface area contributed by atoms with Crippen LogP contribution in [0.15, 0.2) is 5.38 Å². The number of thiazole rings is 1. The maximum atomic E-state index is 6.10. The lowest BCUT2D eigenvalue weighted by Crippen LogP contribution is -2.21. The van der Waals surface area contributed by atoms with Crippen molar-refractivity contribution < 1.29 is 0 Å². The molecular formula is C12H19N5S. The monoisotopic (exact) mass is 265 g/mol. The van der Waals surface area contributed by atoms with E-state index in [1.807, 2.05) is 25.6 Å². The zero-order valence-electron chi connectivity index (χ0n) is 11.3. The molecule has 0 saturated carbocycles. The van der Waals surface area contributed by atoms with Gasteiger partial charge in [-0.25, -0.2) is 9.67 Å². The number of aryl methyl sites for hydroxylation is 3. The summed E-state index contributed by atoms with van der Waals surface area (Å²) in [6, 6.07) is 0. The molecule has 2 N–H and O–H groups in total. The molecule has 2 rings (SSSR count). The molecule has 2 aromatic heterocycles. The van der Waals surface area contributed by atoms with E-state index < -0.39 is 0 Å². The van der Waals surface area contributed by atoms with Crippen LogP contribution in [0.4, 0.5) is 11.5 Å². The minimum atomic E-state index is 0.750. The fourth-order valence-corrected chi connectivity index (χ4v) is 2.61. The van der Waals surface area contributed by atoms with E-state index in [9.17, 15) is 0 Å². The van der Waals surface area contributed by atoms with Gasteiger partial charge in [-0.3, -0.25) is 0 Å². The topological polar surface area (TPSA) is 60.0 Å². The minimum Gasteiger partial charge on any atom is -0.394 e. The number of nitrogen functional groups attached to an aromatic ring is 1. The molecule has 2 aromatic rings. The van der Waals surface area contributed by atoms with Gasteiger partial charge in [0.15, 0.2) is 5.82 Å². The summed E-state index contributed by atoms with van der Waals surface area (Å²) in [5, 5.41) is 7.60. The summed E-state index contributed by atoms with van der Waals surface area (Å²) >= 11 is 1.67. The third-order valence-electron chi connectivity index (χ3n) is 2.87. The highest BCUT2D eigenvalue weighted by Gasteiger charge is 2.16. The van der Waals surface area contributed by atoms with Gasteiger partial charge in [0, 0.05) is 19.0 Å². The van der Waals surface area contributed by atoms with Crippen molar-refractivity contribution in [2.24, 2.45) is 0 Å². The molecule has 2 heterocycles. The highest BCUT2D eigenvalue weighted by molar-refractivity contribution is 7.09. The first kappa shape index (κ1) is 12.9. The Morgan fingerprint density at radius 3 is 2.72 bits per heavy atom. The molecule has 6 heteroatoms. The van der Waals surface area contributed by atoms with Crippen molar-refractivity contribution in [3.8, 4) is 0 Å². The molecule has 0 amide bonds. The molecule has 0 aromatic carbocycles. The van der Waals surface area contributed by atoms with Crippen LogP contribution in [0, 0.1) is 13.8 Å². The molecule has 5 nitrogen and oxygen atoms in total. The molecule has 0 aliphatic carbocycles. The van der Waals surface area contributed by atoms with Gasteiger partial charge in [-0.1, -0.05) is 0 Å². The maximum Gasteiger partial charge on any atom is 0.150 e. The standard InChI is InChI=1S/C12H19N5S/c1-5-17-12(11(13)8(2)15-17)16(4)6-10-7-18-9(3)14-10/h7H,5-6,13H2,1-4H3. The average molecular weight is 265 g/mol. The second-order valence-electron chi connectivity index (χ2n) is 4.35. The molecule has 0 aliphatic heterocycles. The molecule has 98 valence electrons. The molecule has 0 atom stereocenters. The Labute approximate surface area is 111 Å². The van der Waals surface area contributed by atoms with E-state index in [-0.39, 0.29) is 0 Å². The lowest BCUT2D eigenvalue weighted by Gasteiger charge is -2.19. The van der Waals surface area contributed by atoms with Gasteiger partial charge in [0.1, 0.15) is 0 Å². The van der Waals surface area contributed by atoms with Gasteiger partial charge in [-0.15, -0.1) is 11.3 Å². The molecule has 0 aliphatic rings. The number of anilines is 2. The summed E-state index contributed by atoms with van der Waals surface area (Å²) in [5.74, 6) is 0.973. The molecule has 18 heavy (non-hydrogen) atoms. The lowest BCUT2D eigenvalue weighted by atomic mass is 10.3. The second kappa shape index (κ2) is 4.97. The average Bonchev–Trinajstić information content (AvgIpc) is 2.84. The first-order chi connectivity index (χ1) is 8.52. The zero-order chi connectivity index (χ0) is 13.3. The molecule has 0 radical (unpaired) electrons. The van der Waals surface area contributed by atoms with Crippen molar-refractivity contribution in [2.45, 2.75) is 33.9 Å². The van der Waals surface area contributed by atoms with Gasteiger partial charge < -0.3 is 10.6 Å². The van der Waals surface area contributed by atoms with Crippen LogP contribution in [0.1, 0.15) is 23.3 Å². The van der Waals surface area contributed by atoms with Crippen molar-refractivity contribution in [1.29, 1.82) is 0 Å². The van der Waals surface area contributed by atoms with E-state index in [1.54, 1.807) is 11.3 Å². The van der Waals surface area contributed by atoms with Gasteiger partial charge in [0.2, 0.25) is 0 Å². The Morgan fingerprint density at radius 2 is 2.17 bits per heavy atom. The Balaban J connectivity index is 2.25. The van der Waals surface area contributed by atoms with Gasteiger partial charge in [0.05, 0.1) is 28.6 Å². The van der Waals surface area contributed by atoms with E-state index in [0.717, 1.165) is 41.0 Å². The zero-order valence-corrected chi connectivity index (χ0v) is 12.1. The van der Waals surface area contributed by atoms with Crippen LogP contribution in [0.25, 0.3) is 0 Å². The molecular weight excluding hydrogens is 246 g/mol. The van der Waals surface area contributed by atoms with Gasteiger partial charge in [-0.05, 0) is 20.8 Å². The number of rotatable bonds is 4. The first-order valence-electron chi connectivity index (χ1n) is 5.98. The molecule has 0 bridgehead atoms. The van der Waals surface area contributed by atoms with Crippen LogP contribution in [0.3, 0.4) is 0 Å². The summed E-state index contributed by atoms with van der Waals surface area (Å²) in [4.78, 5) is 6.58. The van der Waals surface area contributed by atoms with Crippen molar-refractivity contribution in [3.05, 3.63) is 21.8 Å². The summed E-state index contributed by atoms with van der Waals surface area (Å²) in [6.45, 7) is 7.58. The largest absolute Gasteiger partial charge is 0.394 e. The fraction of sp³-hybridized carbons (Fsp3) is 0.500. The fourth-order valence-electron chi connectivity index (χ4n) is 2.01. The number of hydrogen-bond donors (Lipinski definition) is 1. The third-order valence-corrected chi connectivity index (χ3v) is 3.70. The van der Waals surface area contributed by atoms with Crippen LogP contribution < -0.4 is 10.6 Å². The number of aromatic nitrogens is 3. The summed E-state index contributed by atoms with van der Waals surface area (Å²) in [6.07, 6.45) is 0. The Bertz CT molecular complexity index is 543. The SMILES string of the molecule is CCn1nc(C)c(N)c1N(C)Cc1csc(C)n1. The van der Waals surface area contributed by atoms with Crippen LogP contribution in [-0.2, 0) is 13.1 Å². The smallest absolute Gasteiger partial charge is 0.150 e. The van der Waals surface area contributed by atoms with Crippen molar-refractivity contribution >= 4 is 22.8 Å². The van der Waals surface area contributed by atoms with Crippen LogP contribution in [0.5, 0.6) is 0 Å². The third kappa shape index (κ3) is 2.33. The normalized spacial score (nSPS) is 10.9. The maximum absolute atomic E-state index is 6.10. The Hall–Kier alpha value is -1.56. The Morgan fingerprint density at radius 1 is 1.44 bits per heavy atom. The van der Waals surface area contributed by atoms with E-state index in [0.29, 0.717) is 0 Å². The number of nitrogens with zero attached hydrogens (tertiary/aromatic N) is 4. The Kier molecular flexibility index (Phi) is 3.56.